The van der Waals surface area contributed by atoms with Crippen molar-refractivity contribution in [3.05, 3.63) is 102 Å². The van der Waals surface area contributed by atoms with Crippen molar-refractivity contribution in [2.24, 2.45) is 5.92 Å². The monoisotopic (exact) mass is 775 g/mol. The highest BCUT2D eigenvalue weighted by molar-refractivity contribution is 6.28. The third-order valence-electron chi connectivity index (χ3n) is 10.3. The molecule has 1 aliphatic rings. The first-order valence-corrected chi connectivity index (χ1v) is 19.0. The number of piperidine rings is 1. The molecule has 3 aromatic carbocycles. The van der Waals surface area contributed by atoms with Crippen LogP contribution in [0.4, 0.5) is 4.79 Å². The van der Waals surface area contributed by atoms with Crippen LogP contribution < -0.4 is 4.74 Å². The molecule has 3 unspecified atom stereocenters. The number of Topliss-reactive ketones (excluding diaryl/α,β-unsaturated/α-hetero) is 2. The average molecular weight is 776 g/mol. The molecule has 13 heteroatoms. The van der Waals surface area contributed by atoms with Crippen molar-refractivity contribution in [2.45, 2.75) is 90.1 Å². The number of carbonyl (C=O) groups excluding carboxylic acids is 3. The molecular weight excluding hydrogens is 718 g/mol. The van der Waals surface area contributed by atoms with Crippen LogP contribution in [0.15, 0.2) is 84.9 Å². The van der Waals surface area contributed by atoms with Crippen LogP contribution in [0.2, 0.25) is 0 Å². The van der Waals surface area contributed by atoms with Gasteiger partial charge < -0.3 is 39.9 Å². The lowest BCUT2D eigenvalue weighted by molar-refractivity contribution is -0.187. The molecule has 1 aliphatic heterocycles. The van der Waals surface area contributed by atoms with Crippen molar-refractivity contribution in [3.63, 3.8) is 0 Å². The quantitative estimate of drug-likeness (QED) is 0.110. The molecule has 13 nitrogen and oxygen atoms in total. The number of methoxy groups -OCH3 is 1. The van der Waals surface area contributed by atoms with E-state index in [2.05, 4.69) is 63.5 Å². The maximum atomic E-state index is 13.0. The summed E-state index contributed by atoms with van der Waals surface area (Å²) in [5.41, 5.74) is -7.33. The largest absolute Gasteiger partial charge is 0.497 e. The number of amides is 2. The average Bonchev–Trinajstić information content (AvgIpc) is 3.19. The van der Waals surface area contributed by atoms with Crippen LogP contribution in [0, 0.1) is 5.92 Å². The Morgan fingerprint density at radius 3 is 1.52 bits per heavy atom. The van der Waals surface area contributed by atoms with Gasteiger partial charge in [0.15, 0.2) is 0 Å². The highest BCUT2D eigenvalue weighted by Crippen LogP contribution is 2.32. The van der Waals surface area contributed by atoms with E-state index in [9.17, 15) is 44.4 Å². The van der Waals surface area contributed by atoms with Crippen LogP contribution in [-0.4, -0.2) is 127 Å². The Labute approximate surface area is 329 Å². The zero-order valence-corrected chi connectivity index (χ0v) is 33.4. The second-order valence-electron chi connectivity index (χ2n) is 14.7. The normalized spacial score (nSPS) is 15.9. The highest BCUT2D eigenvalue weighted by Gasteiger charge is 2.69. The lowest BCUT2D eigenvalue weighted by Crippen LogP contribution is -2.71. The van der Waals surface area contributed by atoms with Crippen LogP contribution in [-0.2, 0) is 16.0 Å². The molecule has 1 saturated heterocycles. The lowest BCUT2D eigenvalue weighted by atomic mass is 9.73. The van der Waals surface area contributed by atoms with Gasteiger partial charge in [-0.2, -0.15) is 0 Å². The number of likely N-dealkylation sites (tertiary alicyclic amines) is 1. The summed E-state index contributed by atoms with van der Waals surface area (Å²) in [7, 11) is 1.71. The number of rotatable bonds is 16. The van der Waals surface area contributed by atoms with Gasteiger partial charge in [-0.15, -0.1) is 0 Å². The Balaban J connectivity index is 0.000000303. The molecule has 56 heavy (non-hydrogen) atoms. The lowest BCUT2D eigenvalue weighted by Gasteiger charge is -2.40. The molecule has 3 aromatic rings. The van der Waals surface area contributed by atoms with E-state index >= 15 is 0 Å². The first kappa shape index (κ1) is 45.3. The van der Waals surface area contributed by atoms with Gasteiger partial charge in [0, 0.05) is 48.9 Å². The smallest absolute Gasteiger partial charge is 0.348 e. The Kier molecular flexibility index (Phi) is 16.3. The number of urea groups is 1. The first-order chi connectivity index (χ1) is 26.4. The predicted octanol–water partition coefficient (Wildman–Crippen LogP) is 5.28. The van der Waals surface area contributed by atoms with Crippen molar-refractivity contribution in [2.75, 3.05) is 33.3 Å². The van der Waals surface area contributed by atoms with Crippen LogP contribution in [0.5, 0.6) is 5.75 Å². The number of benzene rings is 3. The number of aliphatic carboxylic acids is 2. The van der Waals surface area contributed by atoms with Crippen molar-refractivity contribution < 1.29 is 49.1 Å². The third kappa shape index (κ3) is 10.4. The molecule has 0 bridgehead atoms. The SMILES string of the molecule is CCN(CC1CCN(C(=O)N(C(C)C)C(C)C)CC1)C(C)Cc1ccc(OC)cc1.O=C(O)C(O)(C(=O)c1ccccc1)C(O)(C(=O)O)C(=O)c1ccccc1. The van der Waals surface area contributed by atoms with Crippen LogP contribution in [0.1, 0.15) is 80.7 Å². The molecule has 0 aliphatic carbocycles. The maximum absolute atomic E-state index is 13.0. The van der Waals surface area contributed by atoms with Gasteiger partial charge in [-0.25, -0.2) is 14.4 Å². The van der Waals surface area contributed by atoms with E-state index in [4.69, 9.17) is 4.74 Å². The van der Waals surface area contributed by atoms with Crippen molar-refractivity contribution in [3.8, 4) is 5.75 Å². The van der Waals surface area contributed by atoms with Crippen molar-refractivity contribution >= 4 is 29.5 Å². The Bertz CT molecular complexity index is 1680. The number of carbonyl (C=O) groups is 5. The Hall–Kier alpha value is -5.11. The number of carboxylic acid groups (broad SMARTS) is 2. The third-order valence-corrected chi connectivity index (χ3v) is 10.3. The number of hydrogen-bond donors (Lipinski definition) is 4. The summed E-state index contributed by atoms with van der Waals surface area (Å²) < 4.78 is 5.27. The van der Waals surface area contributed by atoms with E-state index < -0.39 is 45.8 Å². The van der Waals surface area contributed by atoms with Gasteiger partial charge in [0.25, 0.3) is 11.2 Å². The standard InChI is InChI=1S/C25H43N3O2.C18H14O8/c1-8-26(21(6)17-22-9-11-24(30-7)12-10-22)18-23-13-15-27(16-14-23)25(29)28(19(2)3)20(4)5;19-13(11-7-3-1-4-8-11)17(25,15(21)22)18(26,16(23)24)14(20)12-9-5-2-6-10-12/h9-12,19-21,23H,8,13-18H2,1-7H3;1-10,25-26H,(H,21,22)(H,23,24). The number of nitrogens with zero attached hydrogens (tertiary/aromatic N) is 3. The fourth-order valence-corrected chi connectivity index (χ4v) is 7.12. The second kappa shape index (κ2) is 20.2. The van der Waals surface area contributed by atoms with Gasteiger partial charge in [-0.05, 0) is 84.0 Å². The predicted molar refractivity (Wildman–Crippen MR) is 212 cm³/mol. The molecule has 4 N–H and O–H groups in total. The summed E-state index contributed by atoms with van der Waals surface area (Å²) in [5.74, 6) is -6.45. The molecule has 0 radical (unpaired) electrons. The van der Waals surface area contributed by atoms with Gasteiger partial charge in [0.1, 0.15) is 5.75 Å². The minimum Gasteiger partial charge on any atom is -0.497 e. The van der Waals surface area contributed by atoms with E-state index in [-0.39, 0.29) is 18.1 Å². The molecule has 2 amide bonds. The summed E-state index contributed by atoms with van der Waals surface area (Å²) >= 11 is 0. The van der Waals surface area contributed by atoms with Gasteiger partial charge in [-0.1, -0.05) is 79.7 Å². The fourth-order valence-electron chi connectivity index (χ4n) is 7.12. The topological polar surface area (TPSA) is 185 Å². The molecule has 1 heterocycles. The van der Waals surface area contributed by atoms with E-state index in [1.54, 1.807) is 7.11 Å². The van der Waals surface area contributed by atoms with Crippen LogP contribution in [0.3, 0.4) is 0 Å². The molecule has 0 aromatic heterocycles. The minimum absolute atomic E-state index is 0.207. The van der Waals surface area contributed by atoms with Crippen LogP contribution >= 0.6 is 0 Å². The van der Waals surface area contributed by atoms with E-state index in [0.29, 0.717) is 12.0 Å². The highest BCUT2D eigenvalue weighted by atomic mass is 16.5. The summed E-state index contributed by atoms with van der Waals surface area (Å²) in [6, 6.07) is 22.4. The second-order valence-corrected chi connectivity index (χ2v) is 14.7. The van der Waals surface area contributed by atoms with E-state index in [0.717, 1.165) is 75.5 Å². The zero-order valence-electron chi connectivity index (χ0n) is 33.4. The van der Waals surface area contributed by atoms with Crippen molar-refractivity contribution in [1.82, 2.24) is 14.7 Å². The van der Waals surface area contributed by atoms with Crippen molar-refractivity contribution in [1.29, 1.82) is 0 Å². The minimum atomic E-state index is -3.95. The summed E-state index contributed by atoms with van der Waals surface area (Å²) in [6.07, 6.45) is 3.25. The summed E-state index contributed by atoms with van der Waals surface area (Å²) in [5, 5.41) is 39.9. The molecular formula is C43H57N3O10. The molecule has 3 atom stereocenters. The number of hydrogen-bond acceptors (Lipinski definition) is 9. The summed E-state index contributed by atoms with van der Waals surface area (Å²) in [4.78, 5) is 68.2. The van der Waals surface area contributed by atoms with Gasteiger partial charge in [0.05, 0.1) is 7.11 Å². The number of aliphatic hydroxyl groups is 2. The molecule has 0 spiro atoms. The maximum Gasteiger partial charge on any atom is 0.348 e. The Morgan fingerprint density at radius 2 is 1.16 bits per heavy atom. The number of carboxylic acids is 2. The van der Waals surface area contributed by atoms with Gasteiger partial charge >= 0.3 is 18.0 Å². The van der Waals surface area contributed by atoms with Gasteiger partial charge in [0.2, 0.25) is 11.6 Å². The molecule has 1 fully saturated rings. The number of ketones is 2. The number of likely N-dealkylation sites (N-methyl/N-ethyl adjacent to an activating group) is 1. The van der Waals surface area contributed by atoms with E-state index in [1.807, 2.05) is 17.0 Å². The Morgan fingerprint density at radius 1 is 0.732 bits per heavy atom. The zero-order chi connectivity index (χ0) is 41.8. The summed E-state index contributed by atoms with van der Waals surface area (Å²) in [6.45, 7) is 16.9. The molecule has 4 rings (SSSR count). The number of ether oxygens (including phenoxy) is 1. The van der Waals surface area contributed by atoms with E-state index in [1.165, 1.54) is 42.0 Å². The van der Waals surface area contributed by atoms with Gasteiger partial charge in [-0.3, -0.25) is 9.59 Å². The molecule has 304 valence electrons. The first-order valence-electron chi connectivity index (χ1n) is 19.0. The van der Waals surface area contributed by atoms with Crippen LogP contribution in [0.25, 0.3) is 0 Å². The molecule has 0 saturated carbocycles. The fraction of sp³-hybridized carbons (Fsp3) is 0.465.